The number of hydrogen-bond donors (Lipinski definition) is 0. The molecule has 4 nitrogen and oxygen atoms in total. The quantitative estimate of drug-likeness (QED) is 0.364. The van der Waals surface area contributed by atoms with Crippen molar-refractivity contribution in [2.45, 2.75) is 18.6 Å². The summed E-state index contributed by atoms with van der Waals surface area (Å²) in [6, 6.07) is 0. The highest BCUT2D eigenvalue weighted by Crippen LogP contribution is 2.32. The Bertz CT molecular complexity index is 479. The van der Waals surface area contributed by atoms with E-state index in [1.54, 1.807) is 0 Å². The number of alkyl halides is 4. The lowest BCUT2D eigenvalue weighted by atomic mass is 10.1. The number of hydrogen-bond acceptors (Lipinski definition) is 4. The molecule has 0 atom stereocenters. The zero-order valence-electron chi connectivity index (χ0n) is 9.55. The average Bonchev–Trinajstić information content (AvgIpc) is 2.30. The predicted octanol–water partition coefficient (Wildman–Crippen LogP) is 3.19. The Morgan fingerprint density at radius 2 is 2.11 bits per heavy atom. The van der Waals surface area contributed by atoms with E-state index in [1.165, 1.54) is 6.92 Å². The van der Waals surface area contributed by atoms with Gasteiger partial charge in [-0.3, -0.25) is 0 Å². The van der Waals surface area contributed by atoms with Gasteiger partial charge in [-0.2, -0.15) is 4.39 Å². The first kappa shape index (κ1) is 15.7. The molecule has 0 fully saturated rings. The van der Waals surface area contributed by atoms with Crippen LogP contribution < -0.4 is 4.74 Å². The molecule has 0 aliphatic rings. The Balaban J connectivity index is 3.29. The topological polar surface area (TPSA) is 48.4 Å². The molecule has 19 heavy (non-hydrogen) atoms. The van der Waals surface area contributed by atoms with Crippen LogP contribution in [0.3, 0.4) is 0 Å². The molecule has 0 amide bonds. The summed E-state index contributed by atoms with van der Waals surface area (Å²) in [5.74, 6) is -3.51. The third-order valence-corrected chi connectivity index (χ3v) is 2.50. The molecule has 1 aromatic heterocycles. The second-order valence-electron chi connectivity index (χ2n) is 3.17. The van der Waals surface area contributed by atoms with Crippen LogP contribution in [0.25, 0.3) is 0 Å². The zero-order valence-corrected chi connectivity index (χ0v) is 11.1. The van der Waals surface area contributed by atoms with Crippen LogP contribution in [0.1, 0.15) is 22.8 Å². The molecule has 0 bridgehead atoms. The second kappa shape index (κ2) is 6.18. The van der Waals surface area contributed by atoms with E-state index in [2.05, 4.69) is 30.4 Å². The van der Waals surface area contributed by atoms with Crippen LogP contribution in [-0.4, -0.2) is 23.9 Å². The van der Waals surface area contributed by atoms with Crippen LogP contribution in [0.4, 0.5) is 17.6 Å². The average molecular weight is 346 g/mol. The van der Waals surface area contributed by atoms with E-state index in [1.807, 2.05) is 0 Å². The molecule has 9 heteroatoms. The van der Waals surface area contributed by atoms with Gasteiger partial charge in [-0.25, -0.2) is 9.78 Å². The predicted molar refractivity (Wildman–Crippen MR) is 59.5 cm³/mol. The standard InChI is InChI=1S/C10H8BrF4NO3/c1-2-18-9(17)6-4-16-8(12)7(5(6)3-11)19-10(13,14)15/h4H,2-3H2,1H3. The van der Waals surface area contributed by atoms with E-state index < -0.39 is 24.0 Å². The van der Waals surface area contributed by atoms with Crippen molar-refractivity contribution in [2.24, 2.45) is 0 Å². The molecular weight excluding hydrogens is 338 g/mol. The zero-order chi connectivity index (χ0) is 14.6. The summed E-state index contributed by atoms with van der Waals surface area (Å²) in [5.41, 5.74) is -0.609. The van der Waals surface area contributed by atoms with Crippen molar-refractivity contribution in [3.63, 3.8) is 0 Å². The number of carbonyl (C=O) groups excluding carboxylic acids is 1. The van der Waals surface area contributed by atoms with Gasteiger partial charge in [0.1, 0.15) is 0 Å². The Kier molecular flexibility index (Phi) is 5.10. The maximum atomic E-state index is 13.3. The van der Waals surface area contributed by atoms with E-state index in [0.29, 0.717) is 0 Å². The van der Waals surface area contributed by atoms with E-state index in [4.69, 9.17) is 0 Å². The first-order valence-electron chi connectivity index (χ1n) is 4.96. The molecule has 0 unspecified atom stereocenters. The van der Waals surface area contributed by atoms with E-state index >= 15 is 0 Å². The lowest BCUT2D eigenvalue weighted by Gasteiger charge is -2.14. The molecule has 0 N–H and O–H groups in total. The number of ether oxygens (including phenoxy) is 2. The highest BCUT2D eigenvalue weighted by molar-refractivity contribution is 9.08. The van der Waals surface area contributed by atoms with Gasteiger partial charge in [-0.05, 0) is 6.92 Å². The Morgan fingerprint density at radius 1 is 1.47 bits per heavy atom. The highest BCUT2D eigenvalue weighted by Gasteiger charge is 2.35. The fourth-order valence-electron chi connectivity index (χ4n) is 1.24. The summed E-state index contributed by atoms with van der Waals surface area (Å²) in [6.45, 7) is 1.54. The van der Waals surface area contributed by atoms with Crippen LogP contribution in [-0.2, 0) is 10.1 Å². The van der Waals surface area contributed by atoms with Gasteiger partial charge in [0.2, 0.25) is 0 Å². The van der Waals surface area contributed by atoms with Crippen LogP contribution in [0, 0.1) is 5.95 Å². The number of pyridine rings is 1. The minimum absolute atomic E-state index is 0.0212. The van der Waals surface area contributed by atoms with Gasteiger partial charge in [-0.1, -0.05) is 15.9 Å². The second-order valence-corrected chi connectivity index (χ2v) is 3.73. The van der Waals surface area contributed by atoms with Crippen molar-refractivity contribution < 1.29 is 31.8 Å². The molecule has 0 aliphatic heterocycles. The first-order valence-corrected chi connectivity index (χ1v) is 6.08. The van der Waals surface area contributed by atoms with Gasteiger partial charge in [0.25, 0.3) is 5.95 Å². The van der Waals surface area contributed by atoms with Crippen molar-refractivity contribution in [1.29, 1.82) is 0 Å². The molecule has 0 saturated heterocycles. The lowest BCUT2D eigenvalue weighted by Crippen LogP contribution is -2.21. The van der Waals surface area contributed by atoms with E-state index in [-0.39, 0.29) is 23.1 Å². The molecule has 0 aromatic carbocycles. The van der Waals surface area contributed by atoms with Crippen molar-refractivity contribution in [3.8, 4) is 5.75 Å². The van der Waals surface area contributed by atoms with E-state index in [0.717, 1.165) is 6.20 Å². The van der Waals surface area contributed by atoms with Gasteiger partial charge < -0.3 is 9.47 Å². The third-order valence-electron chi connectivity index (χ3n) is 1.94. The van der Waals surface area contributed by atoms with Gasteiger partial charge >= 0.3 is 12.3 Å². The SMILES string of the molecule is CCOC(=O)c1cnc(F)c(OC(F)(F)F)c1CBr. The maximum absolute atomic E-state index is 13.3. The maximum Gasteiger partial charge on any atom is 0.573 e. The minimum atomic E-state index is -5.09. The number of rotatable bonds is 4. The van der Waals surface area contributed by atoms with Gasteiger partial charge in [0.05, 0.1) is 12.2 Å². The van der Waals surface area contributed by atoms with Crippen LogP contribution in [0.15, 0.2) is 6.20 Å². The molecule has 106 valence electrons. The normalized spacial score (nSPS) is 11.3. The van der Waals surface area contributed by atoms with Gasteiger partial charge in [-0.15, -0.1) is 13.2 Å². The van der Waals surface area contributed by atoms with Gasteiger partial charge in [0.15, 0.2) is 5.75 Å². The minimum Gasteiger partial charge on any atom is -0.462 e. The summed E-state index contributed by atoms with van der Waals surface area (Å²) in [6.07, 6.45) is -4.29. The monoisotopic (exact) mass is 345 g/mol. The Morgan fingerprint density at radius 3 is 2.58 bits per heavy atom. The first-order chi connectivity index (χ1) is 8.80. The Hall–Kier alpha value is -1.38. The summed E-state index contributed by atoms with van der Waals surface area (Å²) in [5, 5.41) is -0.230. The third kappa shape index (κ3) is 4.05. The molecule has 0 saturated carbocycles. The summed E-state index contributed by atoms with van der Waals surface area (Å²) in [7, 11) is 0. The number of esters is 1. The van der Waals surface area contributed by atoms with Crippen LogP contribution in [0.2, 0.25) is 0 Å². The summed E-state index contributed by atoms with van der Waals surface area (Å²) >= 11 is 2.87. The van der Waals surface area contributed by atoms with Crippen molar-refractivity contribution in [1.82, 2.24) is 4.98 Å². The smallest absolute Gasteiger partial charge is 0.462 e. The van der Waals surface area contributed by atoms with Crippen LogP contribution in [0.5, 0.6) is 5.75 Å². The van der Waals surface area contributed by atoms with Crippen molar-refractivity contribution >= 4 is 21.9 Å². The molecule has 1 heterocycles. The molecule has 0 radical (unpaired) electrons. The van der Waals surface area contributed by atoms with Crippen molar-refractivity contribution in [2.75, 3.05) is 6.61 Å². The Labute approximate surface area is 113 Å². The molecule has 1 rings (SSSR count). The van der Waals surface area contributed by atoms with Crippen LogP contribution >= 0.6 is 15.9 Å². The summed E-state index contributed by atoms with van der Waals surface area (Å²) < 4.78 is 58.0. The lowest BCUT2D eigenvalue weighted by molar-refractivity contribution is -0.276. The fourth-order valence-corrected chi connectivity index (χ4v) is 1.80. The molecule has 0 spiro atoms. The highest BCUT2D eigenvalue weighted by atomic mass is 79.9. The number of aromatic nitrogens is 1. The van der Waals surface area contributed by atoms with Gasteiger partial charge in [0, 0.05) is 17.1 Å². The molecule has 0 aliphatic carbocycles. The van der Waals surface area contributed by atoms with E-state index in [9.17, 15) is 22.4 Å². The molecule has 1 aromatic rings. The molecular formula is C10H8BrF4NO3. The van der Waals surface area contributed by atoms with Crippen molar-refractivity contribution in [3.05, 3.63) is 23.3 Å². The fraction of sp³-hybridized carbons (Fsp3) is 0.400. The largest absolute Gasteiger partial charge is 0.573 e. The number of halogens is 5. The number of carbonyl (C=O) groups is 1. The number of nitrogens with zero attached hydrogens (tertiary/aromatic N) is 1. The summed E-state index contributed by atoms with van der Waals surface area (Å²) in [4.78, 5) is 14.6.